The minimum Gasteiger partial charge on any atom is -0.406 e. The first-order chi connectivity index (χ1) is 14.2. The molecule has 1 unspecified atom stereocenters. The summed E-state index contributed by atoms with van der Waals surface area (Å²) in [6.07, 6.45) is -0.0898. The van der Waals surface area contributed by atoms with E-state index in [1.54, 1.807) is 12.2 Å². The second kappa shape index (κ2) is 7.52. The minimum absolute atomic E-state index is 0.194. The van der Waals surface area contributed by atoms with Crippen molar-refractivity contribution in [1.29, 1.82) is 0 Å². The van der Waals surface area contributed by atoms with E-state index in [9.17, 15) is 22.0 Å². The predicted octanol–water partition coefficient (Wildman–Crippen LogP) is 4.55. The molecule has 1 aromatic heterocycles. The number of rotatable bonds is 6. The lowest BCUT2D eigenvalue weighted by atomic mass is 9.99. The highest BCUT2D eigenvalue weighted by atomic mass is 19.4. The molecule has 30 heavy (non-hydrogen) atoms. The van der Waals surface area contributed by atoms with Crippen LogP contribution in [0.2, 0.25) is 0 Å². The molecule has 0 spiro atoms. The normalized spacial score (nSPS) is 18.7. The van der Waals surface area contributed by atoms with Crippen LogP contribution in [0.3, 0.4) is 0 Å². The van der Waals surface area contributed by atoms with Gasteiger partial charge in [0.15, 0.2) is 5.82 Å². The fourth-order valence-electron chi connectivity index (χ4n) is 2.95. The van der Waals surface area contributed by atoms with Gasteiger partial charge < -0.3 is 9.47 Å². The molecule has 0 bridgehead atoms. The lowest BCUT2D eigenvalue weighted by molar-refractivity contribution is -0.274. The van der Waals surface area contributed by atoms with Crippen molar-refractivity contribution < 1.29 is 31.4 Å². The lowest BCUT2D eigenvalue weighted by Crippen LogP contribution is -2.20. The first-order valence-electron chi connectivity index (χ1n) is 8.75. The molecule has 0 saturated carbocycles. The van der Waals surface area contributed by atoms with Crippen molar-refractivity contribution >= 4 is 12.2 Å². The SMILES string of the molecule is Fc1ccc(C2(Cn3cnc(C=Cc4ccc(OC(F)(F)F)cc4)n3)CO2)c(F)c1. The Bertz CT molecular complexity index is 1070. The fraction of sp³-hybridized carbons (Fsp3) is 0.200. The zero-order valence-electron chi connectivity index (χ0n) is 15.2. The summed E-state index contributed by atoms with van der Waals surface area (Å²) in [6.45, 7) is 0.465. The highest BCUT2D eigenvalue weighted by molar-refractivity contribution is 5.66. The Balaban J connectivity index is 1.42. The summed E-state index contributed by atoms with van der Waals surface area (Å²) in [7, 11) is 0. The van der Waals surface area contributed by atoms with Crippen LogP contribution in [0, 0.1) is 11.6 Å². The molecular formula is C20H14F5N3O2. The molecule has 156 valence electrons. The number of halogens is 5. The Morgan fingerprint density at radius 3 is 2.47 bits per heavy atom. The van der Waals surface area contributed by atoms with Gasteiger partial charge in [-0.1, -0.05) is 24.3 Å². The van der Waals surface area contributed by atoms with Crippen LogP contribution in [0.15, 0.2) is 48.8 Å². The van der Waals surface area contributed by atoms with Crippen LogP contribution in [0.4, 0.5) is 22.0 Å². The molecule has 4 rings (SSSR count). The van der Waals surface area contributed by atoms with Gasteiger partial charge in [0.2, 0.25) is 0 Å². The maximum absolute atomic E-state index is 14.1. The van der Waals surface area contributed by atoms with E-state index in [1.165, 1.54) is 47.4 Å². The van der Waals surface area contributed by atoms with Gasteiger partial charge >= 0.3 is 6.36 Å². The van der Waals surface area contributed by atoms with Crippen LogP contribution in [-0.2, 0) is 16.9 Å². The van der Waals surface area contributed by atoms with Crippen LogP contribution < -0.4 is 4.74 Å². The number of benzene rings is 2. The highest BCUT2D eigenvalue weighted by Gasteiger charge is 2.49. The zero-order chi connectivity index (χ0) is 21.4. The average molecular weight is 423 g/mol. The van der Waals surface area contributed by atoms with Gasteiger partial charge in [-0.2, -0.15) is 5.10 Å². The van der Waals surface area contributed by atoms with E-state index in [0.717, 1.165) is 6.07 Å². The molecule has 1 atom stereocenters. The third-order valence-electron chi connectivity index (χ3n) is 4.42. The highest BCUT2D eigenvalue weighted by Crippen LogP contribution is 2.41. The Kier molecular flexibility index (Phi) is 5.02. The largest absolute Gasteiger partial charge is 0.573 e. The summed E-state index contributed by atoms with van der Waals surface area (Å²) in [6, 6.07) is 8.64. The van der Waals surface area contributed by atoms with E-state index < -0.39 is 23.6 Å². The second-order valence-corrected chi connectivity index (χ2v) is 6.66. The Morgan fingerprint density at radius 1 is 1.10 bits per heavy atom. The predicted molar refractivity (Wildman–Crippen MR) is 96.1 cm³/mol. The topological polar surface area (TPSA) is 52.5 Å². The monoisotopic (exact) mass is 423 g/mol. The summed E-state index contributed by atoms with van der Waals surface area (Å²) < 4.78 is 74.5. The average Bonchev–Trinajstić information content (AvgIpc) is 3.29. The molecule has 2 aromatic carbocycles. The molecule has 0 aliphatic carbocycles. The molecule has 0 N–H and O–H groups in total. The van der Waals surface area contributed by atoms with Crippen molar-refractivity contribution in [2.24, 2.45) is 0 Å². The quantitative estimate of drug-likeness (QED) is 0.431. The molecule has 5 nitrogen and oxygen atoms in total. The van der Waals surface area contributed by atoms with Crippen LogP contribution >= 0.6 is 0 Å². The molecule has 2 heterocycles. The number of alkyl halides is 3. The maximum atomic E-state index is 14.1. The maximum Gasteiger partial charge on any atom is 0.573 e. The van der Waals surface area contributed by atoms with E-state index >= 15 is 0 Å². The molecule has 10 heteroatoms. The van der Waals surface area contributed by atoms with Crippen LogP contribution in [0.25, 0.3) is 12.2 Å². The van der Waals surface area contributed by atoms with Crippen molar-refractivity contribution in [3.63, 3.8) is 0 Å². The van der Waals surface area contributed by atoms with E-state index in [-0.39, 0.29) is 24.5 Å². The Hall–Kier alpha value is -3.27. The first-order valence-corrected chi connectivity index (χ1v) is 8.75. The second-order valence-electron chi connectivity index (χ2n) is 6.66. The molecule has 0 amide bonds. The Morgan fingerprint density at radius 2 is 1.83 bits per heavy atom. The third kappa shape index (κ3) is 4.65. The summed E-state index contributed by atoms with van der Waals surface area (Å²) in [5.41, 5.74) is -0.0465. The van der Waals surface area contributed by atoms with Gasteiger partial charge in [0.05, 0.1) is 13.2 Å². The van der Waals surface area contributed by atoms with Crippen molar-refractivity contribution in [1.82, 2.24) is 14.8 Å². The zero-order valence-corrected chi connectivity index (χ0v) is 15.2. The van der Waals surface area contributed by atoms with Gasteiger partial charge in [-0.3, -0.25) is 0 Å². The van der Waals surface area contributed by atoms with E-state index in [0.29, 0.717) is 11.4 Å². The molecule has 1 saturated heterocycles. The van der Waals surface area contributed by atoms with Crippen LogP contribution in [-0.4, -0.2) is 27.7 Å². The van der Waals surface area contributed by atoms with E-state index in [4.69, 9.17) is 4.74 Å². The summed E-state index contributed by atoms with van der Waals surface area (Å²) >= 11 is 0. The van der Waals surface area contributed by atoms with Gasteiger partial charge in [0, 0.05) is 11.6 Å². The van der Waals surface area contributed by atoms with Gasteiger partial charge in [0.1, 0.15) is 29.3 Å². The molecule has 1 fully saturated rings. The number of nitrogens with zero attached hydrogens (tertiary/aromatic N) is 3. The van der Waals surface area contributed by atoms with Gasteiger partial charge in [0.25, 0.3) is 0 Å². The molecule has 1 aliphatic heterocycles. The fourth-order valence-corrected chi connectivity index (χ4v) is 2.95. The van der Waals surface area contributed by atoms with E-state index in [2.05, 4.69) is 14.8 Å². The lowest BCUT2D eigenvalue weighted by Gasteiger charge is -2.13. The third-order valence-corrected chi connectivity index (χ3v) is 4.42. The van der Waals surface area contributed by atoms with Gasteiger partial charge in [-0.05, 0) is 29.8 Å². The number of epoxide rings is 1. The van der Waals surface area contributed by atoms with Crippen LogP contribution in [0.5, 0.6) is 5.75 Å². The van der Waals surface area contributed by atoms with Crippen molar-refractivity contribution in [3.05, 3.63) is 77.4 Å². The van der Waals surface area contributed by atoms with Crippen molar-refractivity contribution in [2.45, 2.75) is 18.5 Å². The molecular weight excluding hydrogens is 409 g/mol. The summed E-state index contributed by atoms with van der Waals surface area (Å²) in [5, 5.41) is 4.26. The molecule has 3 aromatic rings. The number of hydrogen-bond acceptors (Lipinski definition) is 4. The summed E-state index contributed by atoms with van der Waals surface area (Å²) in [4.78, 5) is 4.12. The van der Waals surface area contributed by atoms with Crippen molar-refractivity contribution in [2.75, 3.05) is 6.61 Å². The number of hydrogen-bond donors (Lipinski definition) is 0. The van der Waals surface area contributed by atoms with Gasteiger partial charge in [-0.25, -0.2) is 18.4 Å². The number of ether oxygens (including phenoxy) is 2. The van der Waals surface area contributed by atoms with Gasteiger partial charge in [-0.15, -0.1) is 13.2 Å². The smallest absolute Gasteiger partial charge is 0.406 e. The van der Waals surface area contributed by atoms with E-state index in [1.807, 2.05) is 0 Å². The first kappa shape index (κ1) is 20.0. The number of aromatic nitrogens is 3. The molecule has 0 radical (unpaired) electrons. The Labute approximate surface area is 167 Å². The molecule has 1 aliphatic rings. The minimum atomic E-state index is -4.74. The summed E-state index contributed by atoms with van der Waals surface area (Å²) in [5.74, 6) is -1.32. The standard InChI is InChI=1S/C20H14F5N3O2/c21-14-4-7-16(17(22)9-14)19(11-29-19)10-28-12-26-18(27-28)8-3-13-1-5-15(6-2-13)30-20(23,24)25/h1-9,12H,10-11H2. The van der Waals surface area contributed by atoms with Crippen LogP contribution in [0.1, 0.15) is 17.0 Å². The van der Waals surface area contributed by atoms with Crippen molar-refractivity contribution in [3.8, 4) is 5.75 Å².